The van der Waals surface area contributed by atoms with E-state index in [1.54, 1.807) is 6.92 Å². The minimum absolute atomic E-state index is 0.105. The number of hydrogen-bond donors (Lipinski definition) is 0. The first-order valence-electron chi connectivity index (χ1n) is 7.19. The number of rotatable bonds is 1. The maximum Gasteiger partial charge on any atom is 0.200 e. The molecule has 2 nitrogen and oxygen atoms in total. The smallest absolute Gasteiger partial charge is 0.200 e. The van der Waals surface area contributed by atoms with E-state index in [0.29, 0.717) is 12.8 Å². The molecule has 2 saturated carbocycles. The number of aliphatic imine (C=N–C) groups is 1. The topological polar surface area (TPSA) is 29.4 Å². The van der Waals surface area contributed by atoms with E-state index in [1.807, 2.05) is 13.8 Å². The van der Waals surface area contributed by atoms with Gasteiger partial charge in [-0.05, 0) is 18.3 Å². The van der Waals surface area contributed by atoms with Crippen LogP contribution in [0, 0.1) is 45.8 Å². The van der Waals surface area contributed by atoms with Crippen LogP contribution in [-0.4, -0.2) is 11.5 Å². The first kappa shape index (κ1) is 16.1. The monoisotopic (exact) mass is 331 g/mol. The normalized spacial score (nSPS) is 30.5. The standard InChI is InChI=1S/C16H14F5NO/c1-15(2)6-4-5-16(15,3)14(23)12(6)22-13-10(20)8(18)7(17)9(19)11(13)21/h6H,4-5H2,1-3H3/t6-,16+/m1/s1. The molecule has 2 atom stereocenters. The maximum atomic E-state index is 13.8. The maximum absolute atomic E-state index is 13.8. The highest BCUT2D eigenvalue weighted by atomic mass is 19.2. The molecule has 23 heavy (non-hydrogen) atoms. The second-order valence-electron chi connectivity index (χ2n) is 6.89. The highest BCUT2D eigenvalue weighted by molar-refractivity contribution is 6.46. The molecule has 0 amide bonds. The van der Waals surface area contributed by atoms with Crippen LogP contribution in [0.4, 0.5) is 27.6 Å². The summed E-state index contributed by atoms with van der Waals surface area (Å²) < 4.78 is 67.2. The molecule has 3 rings (SSSR count). The Morgan fingerprint density at radius 2 is 1.39 bits per heavy atom. The molecule has 0 N–H and O–H groups in total. The zero-order chi connectivity index (χ0) is 17.3. The second kappa shape index (κ2) is 4.61. The molecular formula is C16H14F5NO. The number of fused-ring (bicyclic) bond motifs is 2. The number of benzene rings is 1. The van der Waals surface area contributed by atoms with Gasteiger partial charge in [0.2, 0.25) is 5.82 Å². The Bertz CT molecular complexity index is 741. The van der Waals surface area contributed by atoms with Crippen molar-refractivity contribution in [3.8, 4) is 0 Å². The van der Waals surface area contributed by atoms with Crippen LogP contribution in [0.5, 0.6) is 0 Å². The number of carbonyl (C=O) groups is 1. The molecule has 7 heteroatoms. The van der Waals surface area contributed by atoms with Crippen molar-refractivity contribution in [2.45, 2.75) is 33.6 Å². The lowest BCUT2D eigenvalue weighted by molar-refractivity contribution is -0.123. The minimum Gasteiger partial charge on any atom is -0.292 e. The highest BCUT2D eigenvalue weighted by Gasteiger charge is 2.65. The molecule has 0 aromatic heterocycles. The van der Waals surface area contributed by atoms with Crippen molar-refractivity contribution in [3.05, 3.63) is 29.1 Å². The highest BCUT2D eigenvalue weighted by Crippen LogP contribution is 2.62. The van der Waals surface area contributed by atoms with Gasteiger partial charge in [0.1, 0.15) is 5.69 Å². The number of ketones is 1. The molecule has 1 aromatic carbocycles. The van der Waals surface area contributed by atoms with Crippen LogP contribution in [-0.2, 0) is 4.79 Å². The molecule has 2 aliphatic carbocycles. The van der Waals surface area contributed by atoms with Crippen LogP contribution in [0.15, 0.2) is 4.99 Å². The number of hydrogen-bond acceptors (Lipinski definition) is 2. The van der Waals surface area contributed by atoms with Gasteiger partial charge < -0.3 is 0 Å². The molecule has 2 fully saturated rings. The van der Waals surface area contributed by atoms with Gasteiger partial charge in [-0.15, -0.1) is 0 Å². The van der Waals surface area contributed by atoms with Crippen LogP contribution in [0.25, 0.3) is 0 Å². The van der Waals surface area contributed by atoms with E-state index in [2.05, 4.69) is 4.99 Å². The number of halogens is 5. The fourth-order valence-corrected chi connectivity index (χ4v) is 3.77. The minimum atomic E-state index is -2.24. The van der Waals surface area contributed by atoms with Gasteiger partial charge in [-0.25, -0.2) is 26.9 Å². The summed E-state index contributed by atoms with van der Waals surface area (Å²) in [5, 5.41) is 0. The number of carbonyl (C=O) groups excluding carboxylic acids is 1. The Kier molecular flexibility index (Phi) is 3.23. The fourth-order valence-electron chi connectivity index (χ4n) is 3.77. The third-order valence-corrected chi connectivity index (χ3v) is 5.71. The zero-order valence-corrected chi connectivity index (χ0v) is 12.7. The summed E-state index contributed by atoms with van der Waals surface area (Å²) in [7, 11) is 0. The largest absolute Gasteiger partial charge is 0.292 e. The first-order valence-corrected chi connectivity index (χ1v) is 7.19. The third kappa shape index (κ3) is 1.79. The SMILES string of the molecule is CC1(C)[C@@H]2CC[C@@]1(C)C(=O)C2=Nc1c(F)c(F)c(F)c(F)c1F. The molecule has 2 bridgehead atoms. The van der Waals surface area contributed by atoms with Gasteiger partial charge in [0.15, 0.2) is 29.1 Å². The van der Waals surface area contributed by atoms with Gasteiger partial charge in [0.05, 0.1) is 5.71 Å². The first-order chi connectivity index (χ1) is 10.5. The molecule has 0 aliphatic heterocycles. The van der Waals surface area contributed by atoms with E-state index in [1.165, 1.54) is 0 Å². The van der Waals surface area contributed by atoms with Gasteiger partial charge in [-0.2, -0.15) is 0 Å². The molecule has 124 valence electrons. The third-order valence-electron chi connectivity index (χ3n) is 5.71. The van der Waals surface area contributed by atoms with E-state index in [0.717, 1.165) is 0 Å². The van der Waals surface area contributed by atoms with Crippen molar-refractivity contribution in [1.29, 1.82) is 0 Å². The van der Waals surface area contributed by atoms with Crippen molar-refractivity contribution in [2.24, 2.45) is 21.7 Å². The lowest BCUT2D eigenvalue weighted by Crippen LogP contribution is -2.33. The van der Waals surface area contributed by atoms with Gasteiger partial charge in [-0.1, -0.05) is 20.8 Å². The molecular weight excluding hydrogens is 317 g/mol. The van der Waals surface area contributed by atoms with Crippen LogP contribution < -0.4 is 0 Å². The predicted molar refractivity (Wildman–Crippen MR) is 72.9 cm³/mol. The summed E-state index contributed by atoms with van der Waals surface area (Å²) in [4.78, 5) is 16.1. The van der Waals surface area contributed by atoms with Gasteiger partial charge >= 0.3 is 0 Å². The van der Waals surface area contributed by atoms with Crippen molar-refractivity contribution in [1.82, 2.24) is 0 Å². The fraction of sp³-hybridized carbons (Fsp3) is 0.500. The Hall–Kier alpha value is -1.79. The Morgan fingerprint density at radius 1 is 0.913 bits per heavy atom. The van der Waals surface area contributed by atoms with Crippen LogP contribution >= 0.6 is 0 Å². The summed E-state index contributed by atoms with van der Waals surface area (Å²) in [6.45, 7) is 5.45. The molecule has 0 unspecified atom stereocenters. The van der Waals surface area contributed by atoms with Gasteiger partial charge in [-0.3, -0.25) is 4.79 Å². The summed E-state index contributed by atoms with van der Waals surface area (Å²) in [5.74, 6) is -11.2. The van der Waals surface area contributed by atoms with Crippen LogP contribution in [0.2, 0.25) is 0 Å². The second-order valence-corrected chi connectivity index (χ2v) is 6.89. The summed E-state index contributed by atoms with van der Waals surface area (Å²) in [6, 6.07) is 0. The lowest BCUT2D eigenvalue weighted by Gasteiger charge is -2.31. The van der Waals surface area contributed by atoms with E-state index in [-0.39, 0.29) is 17.4 Å². The van der Waals surface area contributed by atoms with Gasteiger partial charge in [0, 0.05) is 11.3 Å². The Labute approximate surface area is 129 Å². The Morgan fingerprint density at radius 3 is 1.83 bits per heavy atom. The molecule has 1 aromatic rings. The zero-order valence-electron chi connectivity index (χ0n) is 12.7. The molecule has 0 spiro atoms. The molecule has 0 heterocycles. The molecule has 2 aliphatic rings. The lowest BCUT2D eigenvalue weighted by atomic mass is 9.70. The van der Waals surface area contributed by atoms with E-state index >= 15 is 0 Å². The van der Waals surface area contributed by atoms with Crippen molar-refractivity contribution in [3.63, 3.8) is 0 Å². The van der Waals surface area contributed by atoms with Crippen LogP contribution in [0.3, 0.4) is 0 Å². The quantitative estimate of drug-likeness (QED) is 0.424. The summed E-state index contributed by atoms with van der Waals surface area (Å²) >= 11 is 0. The Balaban J connectivity index is 2.21. The van der Waals surface area contributed by atoms with E-state index in [9.17, 15) is 26.7 Å². The van der Waals surface area contributed by atoms with E-state index in [4.69, 9.17) is 0 Å². The number of Topliss-reactive ketones (excluding diaryl/α,β-unsaturated/α-hetero) is 1. The van der Waals surface area contributed by atoms with E-state index < -0.39 is 45.6 Å². The molecule has 0 saturated heterocycles. The molecule has 0 radical (unpaired) electrons. The van der Waals surface area contributed by atoms with Crippen LogP contribution in [0.1, 0.15) is 33.6 Å². The van der Waals surface area contributed by atoms with Gasteiger partial charge in [0.25, 0.3) is 0 Å². The van der Waals surface area contributed by atoms with Crippen molar-refractivity contribution >= 4 is 17.2 Å². The number of nitrogens with zero attached hydrogens (tertiary/aromatic N) is 1. The average Bonchev–Trinajstić information content (AvgIpc) is 2.81. The summed E-state index contributed by atoms with van der Waals surface area (Å²) in [5.41, 5.74) is -2.61. The predicted octanol–water partition coefficient (Wildman–Crippen LogP) is 4.48. The van der Waals surface area contributed by atoms with Crippen molar-refractivity contribution in [2.75, 3.05) is 0 Å². The van der Waals surface area contributed by atoms with Crippen molar-refractivity contribution < 1.29 is 26.7 Å². The average molecular weight is 331 g/mol. The summed E-state index contributed by atoms with van der Waals surface area (Å²) in [6.07, 6.45) is 1.20.